The van der Waals surface area contributed by atoms with Crippen molar-refractivity contribution in [1.82, 2.24) is 9.97 Å². The summed E-state index contributed by atoms with van der Waals surface area (Å²) in [6.45, 7) is 4.08. The van der Waals surface area contributed by atoms with Gasteiger partial charge in [0.05, 0.1) is 0 Å². The van der Waals surface area contributed by atoms with Gasteiger partial charge < -0.3 is 4.74 Å². The highest BCUT2D eigenvalue weighted by Crippen LogP contribution is 2.35. The van der Waals surface area contributed by atoms with E-state index in [0.717, 1.165) is 12.1 Å². The van der Waals surface area contributed by atoms with Crippen molar-refractivity contribution in [2.75, 3.05) is 7.11 Å². The first-order valence-electron chi connectivity index (χ1n) is 6.69. The van der Waals surface area contributed by atoms with Crippen LogP contribution in [0.4, 0.5) is 0 Å². The molecule has 1 aliphatic rings. The standard InChI is InChI=1S/C14H21ClN2O/c1-4-14(2,18-3)13-16-11(9-12(15)17-13)10-7-5-6-8-10/h9-10H,4-8H2,1-3H3. The highest BCUT2D eigenvalue weighted by Gasteiger charge is 2.29. The summed E-state index contributed by atoms with van der Waals surface area (Å²) in [5, 5.41) is 0.527. The molecule has 4 heteroatoms. The molecule has 1 atom stereocenters. The Morgan fingerprint density at radius 2 is 2.06 bits per heavy atom. The summed E-state index contributed by atoms with van der Waals surface area (Å²) in [5.74, 6) is 1.25. The second kappa shape index (κ2) is 5.54. The van der Waals surface area contributed by atoms with Gasteiger partial charge in [-0.05, 0) is 32.3 Å². The van der Waals surface area contributed by atoms with Gasteiger partial charge in [-0.2, -0.15) is 0 Å². The number of nitrogens with zero attached hydrogens (tertiary/aromatic N) is 2. The number of halogens is 1. The molecule has 2 rings (SSSR count). The first-order chi connectivity index (χ1) is 8.59. The van der Waals surface area contributed by atoms with Gasteiger partial charge in [0.2, 0.25) is 0 Å². The Morgan fingerprint density at radius 3 is 2.61 bits per heavy atom. The summed E-state index contributed by atoms with van der Waals surface area (Å²) < 4.78 is 5.56. The maximum atomic E-state index is 6.14. The molecule has 100 valence electrons. The lowest BCUT2D eigenvalue weighted by Crippen LogP contribution is -2.27. The topological polar surface area (TPSA) is 35.0 Å². The van der Waals surface area contributed by atoms with Gasteiger partial charge in [0.15, 0.2) is 5.82 Å². The van der Waals surface area contributed by atoms with Crippen LogP contribution in [0.15, 0.2) is 6.07 Å². The van der Waals surface area contributed by atoms with Crippen LogP contribution in [0.1, 0.15) is 63.4 Å². The summed E-state index contributed by atoms with van der Waals surface area (Å²) in [6, 6.07) is 1.91. The van der Waals surface area contributed by atoms with Gasteiger partial charge in [-0.3, -0.25) is 0 Å². The highest BCUT2D eigenvalue weighted by molar-refractivity contribution is 6.29. The molecular formula is C14H21ClN2O. The number of hydrogen-bond acceptors (Lipinski definition) is 3. The van der Waals surface area contributed by atoms with Crippen LogP contribution in [0, 0.1) is 0 Å². The molecule has 0 saturated heterocycles. The zero-order valence-electron chi connectivity index (χ0n) is 11.4. The highest BCUT2D eigenvalue weighted by atomic mass is 35.5. The molecule has 0 spiro atoms. The van der Waals surface area contributed by atoms with Crippen molar-refractivity contribution in [1.29, 1.82) is 0 Å². The summed E-state index contributed by atoms with van der Waals surface area (Å²) >= 11 is 6.14. The fourth-order valence-electron chi connectivity index (χ4n) is 2.50. The minimum absolute atomic E-state index is 0.446. The van der Waals surface area contributed by atoms with E-state index >= 15 is 0 Å². The number of aromatic nitrogens is 2. The summed E-state index contributed by atoms with van der Waals surface area (Å²) in [4.78, 5) is 9.06. The van der Waals surface area contributed by atoms with Crippen LogP contribution < -0.4 is 0 Å². The van der Waals surface area contributed by atoms with Gasteiger partial charge in [0, 0.05) is 18.7 Å². The lowest BCUT2D eigenvalue weighted by atomic mass is 10.00. The summed E-state index contributed by atoms with van der Waals surface area (Å²) in [7, 11) is 1.70. The van der Waals surface area contributed by atoms with E-state index in [1.807, 2.05) is 13.0 Å². The van der Waals surface area contributed by atoms with Crippen LogP contribution in [0.3, 0.4) is 0 Å². The Morgan fingerprint density at radius 1 is 1.39 bits per heavy atom. The van der Waals surface area contributed by atoms with Crippen molar-refractivity contribution in [2.45, 2.75) is 57.5 Å². The lowest BCUT2D eigenvalue weighted by Gasteiger charge is -2.25. The summed E-state index contributed by atoms with van der Waals surface area (Å²) in [6.07, 6.45) is 5.83. The van der Waals surface area contributed by atoms with Gasteiger partial charge in [0.1, 0.15) is 10.8 Å². The van der Waals surface area contributed by atoms with Crippen molar-refractivity contribution in [3.8, 4) is 0 Å². The second-order valence-electron chi connectivity index (χ2n) is 5.21. The van der Waals surface area contributed by atoms with Crippen LogP contribution >= 0.6 is 11.6 Å². The molecule has 0 amide bonds. The Labute approximate surface area is 114 Å². The van der Waals surface area contributed by atoms with Gasteiger partial charge in [0.25, 0.3) is 0 Å². The summed E-state index contributed by atoms with van der Waals surface area (Å²) in [5.41, 5.74) is 0.636. The number of methoxy groups -OCH3 is 1. The van der Waals surface area contributed by atoms with Crippen LogP contribution in [-0.4, -0.2) is 17.1 Å². The third-order valence-corrected chi connectivity index (χ3v) is 4.28. The van der Waals surface area contributed by atoms with E-state index in [-0.39, 0.29) is 0 Å². The Hall–Kier alpha value is -0.670. The zero-order valence-corrected chi connectivity index (χ0v) is 12.1. The third kappa shape index (κ3) is 2.67. The number of rotatable bonds is 4. The van der Waals surface area contributed by atoms with Crippen LogP contribution in [0.2, 0.25) is 5.15 Å². The largest absolute Gasteiger partial charge is 0.371 e. The molecule has 18 heavy (non-hydrogen) atoms. The normalized spacial score (nSPS) is 20.0. The average Bonchev–Trinajstić information content (AvgIpc) is 2.91. The molecular weight excluding hydrogens is 248 g/mol. The molecule has 1 aliphatic carbocycles. The molecule has 1 heterocycles. The molecule has 1 saturated carbocycles. The first-order valence-corrected chi connectivity index (χ1v) is 7.07. The predicted octanol–water partition coefficient (Wildman–Crippen LogP) is 4.06. The number of ether oxygens (including phenoxy) is 1. The Bertz CT molecular complexity index is 412. The smallest absolute Gasteiger partial charge is 0.161 e. The molecule has 3 nitrogen and oxygen atoms in total. The zero-order chi connectivity index (χ0) is 13.2. The fourth-order valence-corrected chi connectivity index (χ4v) is 2.69. The molecule has 1 aromatic rings. The first kappa shape index (κ1) is 13.8. The van der Waals surface area contributed by atoms with Crippen LogP contribution in [-0.2, 0) is 10.3 Å². The third-order valence-electron chi connectivity index (χ3n) is 4.09. The van der Waals surface area contributed by atoms with E-state index in [1.54, 1.807) is 7.11 Å². The van der Waals surface area contributed by atoms with E-state index in [0.29, 0.717) is 16.9 Å². The fraction of sp³-hybridized carbons (Fsp3) is 0.714. The van der Waals surface area contributed by atoms with Gasteiger partial charge in [-0.1, -0.05) is 31.4 Å². The Kier molecular flexibility index (Phi) is 4.23. The van der Waals surface area contributed by atoms with E-state index in [4.69, 9.17) is 21.3 Å². The van der Waals surface area contributed by atoms with E-state index in [2.05, 4.69) is 11.9 Å². The maximum absolute atomic E-state index is 6.14. The molecule has 1 fully saturated rings. The second-order valence-corrected chi connectivity index (χ2v) is 5.60. The van der Waals surface area contributed by atoms with Crippen molar-refractivity contribution < 1.29 is 4.74 Å². The van der Waals surface area contributed by atoms with Gasteiger partial charge >= 0.3 is 0 Å². The molecule has 1 unspecified atom stereocenters. The van der Waals surface area contributed by atoms with Crippen molar-refractivity contribution >= 4 is 11.6 Å². The lowest BCUT2D eigenvalue weighted by molar-refractivity contribution is -0.00920. The van der Waals surface area contributed by atoms with Crippen LogP contribution in [0.5, 0.6) is 0 Å². The molecule has 0 aliphatic heterocycles. The van der Waals surface area contributed by atoms with Crippen LogP contribution in [0.25, 0.3) is 0 Å². The molecule has 0 aromatic carbocycles. The minimum Gasteiger partial charge on any atom is -0.371 e. The molecule has 0 N–H and O–H groups in total. The SMILES string of the molecule is CCC(C)(OC)c1nc(Cl)cc(C2CCCC2)n1. The predicted molar refractivity (Wildman–Crippen MR) is 72.9 cm³/mol. The minimum atomic E-state index is -0.446. The average molecular weight is 269 g/mol. The van der Waals surface area contributed by atoms with Gasteiger partial charge in [-0.15, -0.1) is 0 Å². The van der Waals surface area contributed by atoms with E-state index in [1.165, 1.54) is 25.7 Å². The van der Waals surface area contributed by atoms with E-state index < -0.39 is 5.60 Å². The molecule has 1 aromatic heterocycles. The van der Waals surface area contributed by atoms with Crippen molar-refractivity contribution in [3.05, 3.63) is 22.7 Å². The van der Waals surface area contributed by atoms with E-state index in [9.17, 15) is 0 Å². The van der Waals surface area contributed by atoms with Crippen molar-refractivity contribution in [2.24, 2.45) is 0 Å². The number of hydrogen-bond donors (Lipinski definition) is 0. The van der Waals surface area contributed by atoms with Crippen molar-refractivity contribution in [3.63, 3.8) is 0 Å². The molecule has 0 bridgehead atoms. The van der Waals surface area contributed by atoms with Gasteiger partial charge in [-0.25, -0.2) is 9.97 Å². The quantitative estimate of drug-likeness (QED) is 0.773. The maximum Gasteiger partial charge on any atom is 0.161 e. The molecule has 0 radical (unpaired) electrons. The Balaban J connectivity index is 2.36. The monoisotopic (exact) mass is 268 g/mol.